The summed E-state index contributed by atoms with van der Waals surface area (Å²) in [6.07, 6.45) is 1.20. The van der Waals surface area contributed by atoms with E-state index in [9.17, 15) is 14.9 Å². The molecule has 0 unspecified atom stereocenters. The van der Waals surface area contributed by atoms with Crippen molar-refractivity contribution < 1.29 is 14.5 Å². The number of methoxy groups -OCH3 is 1. The summed E-state index contributed by atoms with van der Waals surface area (Å²) in [6.45, 7) is 0. The molecule has 2 aromatic heterocycles. The predicted molar refractivity (Wildman–Crippen MR) is 102 cm³/mol. The van der Waals surface area contributed by atoms with E-state index in [1.54, 1.807) is 36.4 Å². The number of nitrogens with one attached hydrogen (secondary N) is 1. The monoisotopic (exact) mass is 391 g/mol. The van der Waals surface area contributed by atoms with Gasteiger partial charge in [0.1, 0.15) is 11.8 Å². The quantitative estimate of drug-likeness (QED) is 0.309. The molecule has 0 fully saturated rings. The summed E-state index contributed by atoms with van der Waals surface area (Å²) < 4.78 is 5.94. The Morgan fingerprint density at radius 1 is 1.14 bits per heavy atom. The van der Waals surface area contributed by atoms with Gasteiger partial charge >= 0.3 is 11.7 Å². The lowest BCUT2D eigenvalue weighted by Gasteiger charge is -2.09. The first-order chi connectivity index (χ1) is 14.1. The van der Waals surface area contributed by atoms with Gasteiger partial charge < -0.3 is 10.1 Å². The van der Waals surface area contributed by atoms with Crippen LogP contribution >= 0.6 is 0 Å². The maximum atomic E-state index is 11.8. The predicted octanol–water partition coefficient (Wildman–Crippen LogP) is 2.65. The lowest BCUT2D eigenvalue weighted by Crippen LogP contribution is -2.09. The molecule has 0 atom stereocenters. The molecule has 2 aromatic carbocycles. The minimum absolute atomic E-state index is 0.0209. The van der Waals surface area contributed by atoms with Crippen LogP contribution in [0.2, 0.25) is 0 Å². The van der Waals surface area contributed by atoms with Gasteiger partial charge in [0.05, 0.1) is 23.1 Å². The number of anilines is 2. The Hall–Kier alpha value is -4.41. The molecular weight excluding hydrogens is 378 g/mol. The maximum Gasteiger partial charge on any atom is 0.356 e. The number of rotatable bonds is 5. The van der Waals surface area contributed by atoms with Crippen molar-refractivity contribution >= 4 is 34.2 Å². The number of nitro groups is 1. The zero-order valence-electron chi connectivity index (χ0n) is 15.0. The highest BCUT2D eigenvalue weighted by Crippen LogP contribution is 2.31. The summed E-state index contributed by atoms with van der Waals surface area (Å²) >= 11 is 0. The molecule has 0 aliphatic rings. The van der Waals surface area contributed by atoms with Crippen molar-refractivity contribution in [2.45, 2.75) is 0 Å². The van der Waals surface area contributed by atoms with Gasteiger partial charge in [0.15, 0.2) is 0 Å². The third-order valence-electron chi connectivity index (χ3n) is 4.11. The average molecular weight is 391 g/mol. The van der Waals surface area contributed by atoms with Crippen molar-refractivity contribution in [2.75, 3.05) is 12.4 Å². The number of nitrogens with zero attached hydrogens (tertiary/aromatic N) is 6. The van der Waals surface area contributed by atoms with Crippen LogP contribution in [0.3, 0.4) is 0 Å². The van der Waals surface area contributed by atoms with Crippen molar-refractivity contribution in [3.05, 3.63) is 70.5 Å². The highest BCUT2D eigenvalue weighted by molar-refractivity contribution is 5.90. The van der Waals surface area contributed by atoms with Gasteiger partial charge in [0.25, 0.3) is 0 Å². The number of esters is 1. The second-order valence-corrected chi connectivity index (χ2v) is 5.84. The van der Waals surface area contributed by atoms with Gasteiger partial charge in [-0.1, -0.05) is 17.3 Å². The molecule has 0 spiro atoms. The van der Waals surface area contributed by atoms with Crippen LogP contribution < -0.4 is 5.32 Å². The van der Waals surface area contributed by atoms with Gasteiger partial charge in [-0.15, -0.1) is 5.10 Å². The normalized spacial score (nSPS) is 10.7. The van der Waals surface area contributed by atoms with Crippen molar-refractivity contribution in [1.82, 2.24) is 25.0 Å². The van der Waals surface area contributed by atoms with E-state index in [0.29, 0.717) is 22.3 Å². The number of hydrogen-bond acceptors (Lipinski definition) is 9. The molecule has 0 aliphatic heterocycles. The number of benzene rings is 2. The second kappa shape index (κ2) is 7.31. The van der Waals surface area contributed by atoms with Crippen LogP contribution in [0, 0.1) is 10.1 Å². The zero-order valence-corrected chi connectivity index (χ0v) is 15.0. The average Bonchev–Trinajstić information content (AvgIpc) is 3.17. The molecule has 11 heteroatoms. The smallest absolute Gasteiger partial charge is 0.356 e. The Bertz CT molecular complexity index is 1220. The first kappa shape index (κ1) is 18.0. The lowest BCUT2D eigenvalue weighted by molar-refractivity contribution is -0.384. The van der Waals surface area contributed by atoms with Crippen LogP contribution in [-0.4, -0.2) is 43.0 Å². The maximum absolute atomic E-state index is 11.8. The molecule has 11 nitrogen and oxygen atoms in total. The summed E-state index contributed by atoms with van der Waals surface area (Å²) in [5, 5.41) is 22.7. The summed E-state index contributed by atoms with van der Waals surface area (Å²) in [6, 6.07) is 13.3. The van der Waals surface area contributed by atoms with Crippen LogP contribution in [0.1, 0.15) is 10.4 Å². The third-order valence-corrected chi connectivity index (χ3v) is 4.11. The minimum atomic E-state index is -0.586. The van der Waals surface area contributed by atoms with Crippen molar-refractivity contribution in [3.63, 3.8) is 0 Å². The van der Waals surface area contributed by atoms with Gasteiger partial charge in [-0.05, 0) is 36.4 Å². The van der Waals surface area contributed by atoms with Crippen LogP contribution in [0.5, 0.6) is 0 Å². The number of carbonyl (C=O) groups is 1. The molecule has 144 valence electrons. The number of aromatic nitrogens is 5. The summed E-state index contributed by atoms with van der Waals surface area (Å²) in [4.78, 5) is 30.8. The van der Waals surface area contributed by atoms with E-state index in [-0.39, 0.29) is 17.3 Å². The van der Waals surface area contributed by atoms with Crippen LogP contribution in [0.4, 0.5) is 17.2 Å². The molecule has 0 aliphatic carbocycles. The molecule has 0 amide bonds. The Balaban J connectivity index is 1.76. The molecule has 4 aromatic rings. The summed E-state index contributed by atoms with van der Waals surface area (Å²) in [5.41, 5.74) is 1.63. The molecule has 0 bridgehead atoms. The first-order valence-corrected chi connectivity index (χ1v) is 8.34. The largest absolute Gasteiger partial charge is 0.465 e. The Labute approximate surface area is 163 Å². The molecule has 29 heavy (non-hydrogen) atoms. The van der Waals surface area contributed by atoms with E-state index < -0.39 is 10.9 Å². The van der Waals surface area contributed by atoms with Crippen molar-refractivity contribution in [2.24, 2.45) is 0 Å². The number of para-hydroxylation sites is 1. The fraction of sp³-hybridized carbons (Fsp3) is 0.0556. The molecule has 0 radical (unpaired) electrons. The number of hydrogen-bond donors (Lipinski definition) is 1. The Morgan fingerprint density at radius 3 is 2.62 bits per heavy atom. The highest BCUT2D eigenvalue weighted by atomic mass is 16.6. The molecular formula is C18H13N7O4. The molecule has 0 saturated heterocycles. The van der Waals surface area contributed by atoms with E-state index in [4.69, 9.17) is 0 Å². The fourth-order valence-corrected chi connectivity index (χ4v) is 2.75. The van der Waals surface area contributed by atoms with E-state index in [1.807, 2.05) is 0 Å². The molecule has 2 heterocycles. The lowest BCUT2D eigenvalue weighted by atomic mass is 10.2. The second-order valence-electron chi connectivity index (χ2n) is 5.84. The molecule has 1 N–H and O–H groups in total. The van der Waals surface area contributed by atoms with Crippen LogP contribution in [0.25, 0.3) is 16.9 Å². The van der Waals surface area contributed by atoms with E-state index in [0.717, 1.165) is 0 Å². The minimum Gasteiger partial charge on any atom is -0.465 e. The first-order valence-electron chi connectivity index (χ1n) is 8.34. The Morgan fingerprint density at radius 2 is 1.90 bits per heavy atom. The SMILES string of the molecule is COC(=O)c1ccc(Nc2ncnc(-n3nnc4ccccc43)c2[N+](=O)[O-])cc1. The van der Waals surface area contributed by atoms with Crippen LogP contribution in [0.15, 0.2) is 54.9 Å². The van der Waals surface area contributed by atoms with Gasteiger partial charge in [-0.25, -0.2) is 14.8 Å². The number of ether oxygens (including phenoxy) is 1. The zero-order chi connectivity index (χ0) is 20.4. The number of carbonyl (C=O) groups excluding carboxylic acids is 1. The van der Waals surface area contributed by atoms with E-state index in [2.05, 4.69) is 30.3 Å². The molecule has 0 saturated carbocycles. The molecule has 4 rings (SSSR count). The standard InChI is InChI=1S/C18H13N7O4/c1-29-18(26)11-6-8-12(9-7-11)21-16-15(25(27)28)17(20-10-19-16)24-14-5-3-2-4-13(14)22-23-24/h2-10H,1H3,(H,19,20,21). The van der Waals surface area contributed by atoms with Gasteiger partial charge in [-0.2, -0.15) is 4.68 Å². The van der Waals surface area contributed by atoms with E-state index >= 15 is 0 Å². The highest BCUT2D eigenvalue weighted by Gasteiger charge is 2.26. The number of fused-ring (bicyclic) bond motifs is 1. The van der Waals surface area contributed by atoms with Gasteiger partial charge in [-0.3, -0.25) is 10.1 Å². The van der Waals surface area contributed by atoms with Crippen LogP contribution in [-0.2, 0) is 4.74 Å². The fourth-order valence-electron chi connectivity index (χ4n) is 2.75. The van der Waals surface area contributed by atoms with E-state index in [1.165, 1.54) is 30.3 Å². The van der Waals surface area contributed by atoms with Crippen molar-refractivity contribution in [3.8, 4) is 5.82 Å². The summed E-state index contributed by atoms with van der Waals surface area (Å²) in [7, 11) is 1.29. The third kappa shape index (κ3) is 3.32. The van der Waals surface area contributed by atoms with Gasteiger partial charge in [0, 0.05) is 5.69 Å². The van der Waals surface area contributed by atoms with Gasteiger partial charge in [0.2, 0.25) is 11.6 Å². The topological polar surface area (TPSA) is 138 Å². The Kier molecular flexibility index (Phi) is 4.53. The van der Waals surface area contributed by atoms with Crippen molar-refractivity contribution in [1.29, 1.82) is 0 Å². The summed E-state index contributed by atoms with van der Waals surface area (Å²) in [5.74, 6) is -0.525.